The fourth-order valence-electron chi connectivity index (χ4n) is 1.91. The van der Waals surface area contributed by atoms with Crippen molar-refractivity contribution in [3.05, 3.63) is 58.6 Å². The average Bonchev–Trinajstić information content (AvgIpc) is 2.52. The molecule has 1 aromatic carbocycles. The zero-order chi connectivity index (χ0) is 14.8. The van der Waals surface area contributed by atoms with Crippen LogP contribution in [0.2, 0.25) is 0 Å². The Morgan fingerprint density at radius 1 is 1.19 bits per heavy atom. The maximum absolute atomic E-state index is 12.1. The third kappa shape index (κ3) is 2.48. The first kappa shape index (κ1) is 12.9. The summed E-state index contributed by atoms with van der Waals surface area (Å²) in [5, 5.41) is 10.8. The van der Waals surface area contributed by atoms with Gasteiger partial charge in [0.05, 0.1) is 5.39 Å². The zero-order valence-electron chi connectivity index (χ0n) is 11.1. The van der Waals surface area contributed by atoms with Crippen molar-refractivity contribution >= 4 is 22.5 Å². The lowest BCUT2D eigenvalue weighted by atomic mass is 10.2. The Morgan fingerprint density at radius 3 is 2.71 bits per heavy atom. The number of aryl methyl sites for hydroxylation is 1. The summed E-state index contributed by atoms with van der Waals surface area (Å²) >= 11 is 0. The Kier molecular flexibility index (Phi) is 3.15. The number of pyridine rings is 1. The first-order chi connectivity index (χ1) is 10.1. The first-order valence-corrected chi connectivity index (χ1v) is 6.20. The van der Waals surface area contributed by atoms with Crippen molar-refractivity contribution in [1.29, 1.82) is 0 Å². The number of nitrogens with one attached hydrogen (secondary N) is 1. The monoisotopic (exact) mass is 281 g/mol. The molecule has 0 atom stereocenters. The molecule has 0 saturated heterocycles. The third-order valence-corrected chi connectivity index (χ3v) is 3.01. The zero-order valence-corrected chi connectivity index (χ0v) is 11.1. The molecule has 1 N–H and O–H groups in total. The molecule has 21 heavy (non-hydrogen) atoms. The molecule has 3 aromatic rings. The molecule has 2 aromatic heterocycles. The van der Waals surface area contributed by atoms with Gasteiger partial charge in [-0.25, -0.2) is 4.68 Å². The van der Waals surface area contributed by atoms with Gasteiger partial charge in [0.1, 0.15) is 5.52 Å². The van der Waals surface area contributed by atoms with Crippen molar-refractivity contribution in [2.24, 2.45) is 7.05 Å². The summed E-state index contributed by atoms with van der Waals surface area (Å²) < 4.78 is 1.15. The van der Waals surface area contributed by atoms with Gasteiger partial charge in [-0.1, -0.05) is 5.21 Å². The number of fused-ring (bicyclic) bond motifs is 1. The largest absolute Gasteiger partial charge is 0.322 e. The quantitative estimate of drug-likeness (QED) is 0.756. The molecule has 104 valence electrons. The van der Waals surface area contributed by atoms with Crippen molar-refractivity contribution in [2.75, 3.05) is 5.32 Å². The molecule has 0 aliphatic heterocycles. The number of carbonyl (C=O) groups excluding carboxylic acids is 1. The van der Waals surface area contributed by atoms with Crippen LogP contribution in [0.5, 0.6) is 0 Å². The fraction of sp³-hybridized carbons (Fsp3) is 0.0714. The highest BCUT2D eigenvalue weighted by Gasteiger charge is 2.08. The topological polar surface area (TPSA) is 89.8 Å². The summed E-state index contributed by atoms with van der Waals surface area (Å²) in [6.45, 7) is 0. The summed E-state index contributed by atoms with van der Waals surface area (Å²) in [5.74, 6) is -0.268. The highest BCUT2D eigenvalue weighted by Crippen LogP contribution is 2.14. The minimum absolute atomic E-state index is 0.264. The van der Waals surface area contributed by atoms with Crippen LogP contribution in [0.1, 0.15) is 10.4 Å². The minimum Gasteiger partial charge on any atom is -0.322 e. The standard InChI is InChI=1S/C14H11N5O2/c1-19-14(21)11-8-10(2-3-12(11)17-18-19)16-13(20)9-4-6-15-7-5-9/h2-8H,1H3,(H,16,20). The smallest absolute Gasteiger partial charge is 0.277 e. The van der Waals surface area contributed by atoms with E-state index in [0.29, 0.717) is 22.2 Å². The molecule has 7 nitrogen and oxygen atoms in total. The van der Waals surface area contributed by atoms with Gasteiger partial charge in [-0.05, 0) is 30.3 Å². The van der Waals surface area contributed by atoms with Gasteiger partial charge in [-0.2, -0.15) is 0 Å². The number of aromatic nitrogens is 4. The number of carbonyl (C=O) groups is 1. The SMILES string of the molecule is Cn1nnc2ccc(NC(=O)c3ccncc3)cc2c1=O. The van der Waals surface area contributed by atoms with Gasteiger partial charge >= 0.3 is 0 Å². The van der Waals surface area contributed by atoms with Crippen LogP contribution >= 0.6 is 0 Å². The van der Waals surface area contributed by atoms with E-state index in [1.165, 1.54) is 7.05 Å². The molecule has 0 aliphatic carbocycles. The molecule has 0 aliphatic rings. The predicted octanol–water partition coefficient (Wildman–Crippen LogP) is 0.976. The molecule has 0 unspecified atom stereocenters. The van der Waals surface area contributed by atoms with Crippen molar-refractivity contribution in [1.82, 2.24) is 20.0 Å². The van der Waals surface area contributed by atoms with Gasteiger partial charge in [0, 0.05) is 30.7 Å². The van der Waals surface area contributed by atoms with E-state index in [1.54, 1.807) is 42.7 Å². The maximum Gasteiger partial charge on any atom is 0.277 e. The van der Waals surface area contributed by atoms with Crippen molar-refractivity contribution in [3.63, 3.8) is 0 Å². The van der Waals surface area contributed by atoms with E-state index in [0.717, 1.165) is 4.68 Å². The van der Waals surface area contributed by atoms with E-state index < -0.39 is 0 Å². The second kappa shape index (κ2) is 5.12. The van der Waals surface area contributed by atoms with Crippen molar-refractivity contribution < 1.29 is 4.79 Å². The van der Waals surface area contributed by atoms with Crippen LogP contribution in [0.4, 0.5) is 5.69 Å². The van der Waals surface area contributed by atoms with E-state index in [2.05, 4.69) is 20.6 Å². The highest BCUT2D eigenvalue weighted by atomic mass is 16.1. The third-order valence-electron chi connectivity index (χ3n) is 3.01. The number of hydrogen-bond donors (Lipinski definition) is 1. The number of hydrogen-bond acceptors (Lipinski definition) is 5. The maximum atomic E-state index is 12.1. The fourth-order valence-corrected chi connectivity index (χ4v) is 1.91. The summed E-state index contributed by atoms with van der Waals surface area (Å²) in [4.78, 5) is 27.9. The Hall–Kier alpha value is -3.09. The molecule has 0 spiro atoms. The lowest BCUT2D eigenvalue weighted by Crippen LogP contribution is -2.21. The summed E-state index contributed by atoms with van der Waals surface area (Å²) in [7, 11) is 1.52. The van der Waals surface area contributed by atoms with Crippen molar-refractivity contribution in [3.8, 4) is 0 Å². The second-order valence-electron chi connectivity index (χ2n) is 4.44. The minimum atomic E-state index is -0.268. The molecule has 1 amide bonds. The number of nitrogens with zero attached hydrogens (tertiary/aromatic N) is 4. The molecule has 3 rings (SSSR count). The van der Waals surface area contributed by atoms with E-state index >= 15 is 0 Å². The van der Waals surface area contributed by atoms with Gasteiger partial charge < -0.3 is 5.32 Å². The lowest BCUT2D eigenvalue weighted by Gasteiger charge is -2.06. The summed E-state index contributed by atoms with van der Waals surface area (Å²) in [6.07, 6.45) is 3.08. The second-order valence-corrected chi connectivity index (χ2v) is 4.44. The molecular weight excluding hydrogens is 270 g/mol. The highest BCUT2D eigenvalue weighted by molar-refractivity contribution is 6.04. The van der Waals surface area contributed by atoms with Gasteiger partial charge in [0.25, 0.3) is 11.5 Å². The van der Waals surface area contributed by atoms with Crippen LogP contribution in [0.25, 0.3) is 10.9 Å². The number of rotatable bonds is 2. The van der Waals surface area contributed by atoms with Crippen LogP contribution in [-0.2, 0) is 7.05 Å². The van der Waals surface area contributed by atoms with Crippen molar-refractivity contribution in [2.45, 2.75) is 0 Å². The van der Waals surface area contributed by atoms with E-state index in [-0.39, 0.29) is 11.5 Å². The molecule has 0 radical (unpaired) electrons. The van der Waals surface area contributed by atoms with Crippen LogP contribution in [0, 0.1) is 0 Å². The van der Waals surface area contributed by atoms with Crippen LogP contribution in [0.3, 0.4) is 0 Å². The molecule has 0 fully saturated rings. The first-order valence-electron chi connectivity index (χ1n) is 6.20. The van der Waals surface area contributed by atoms with E-state index in [1.807, 2.05) is 0 Å². The summed E-state index contributed by atoms with van der Waals surface area (Å²) in [5.41, 5.74) is 1.24. The Morgan fingerprint density at radius 2 is 1.95 bits per heavy atom. The molecular formula is C14H11N5O2. The predicted molar refractivity (Wildman–Crippen MR) is 77.0 cm³/mol. The number of anilines is 1. The number of amides is 1. The normalized spacial score (nSPS) is 10.5. The molecule has 7 heteroatoms. The Balaban J connectivity index is 1.97. The van der Waals surface area contributed by atoms with Gasteiger partial charge in [-0.15, -0.1) is 5.10 Å². The Bertz CT molecular complexity index is 873. The van der Waals surface area contributed by atoms with E-state index in [9.17, 15) is 9.59 Å². The van der Waals surface area contributed by atoms with Gasteiger partial charge in [0.15, 0.2) is 0 Å². The van der Waals surface area contributed by atoms with Gasteiger partial charge in [-0.3, -0.25) is 14.6 Å². The average molecular weight is 281 g/mol. The van der Waals surface area contributed by atoms with E-state index in [4.69, 9.17) is 0 Å². The number of benzene rings is 1. The van der Waals surface area contributed by atoms with Gasteiger partial charge in [0.2, 0.25) is 0 Å². The van der Waals surface area contributed by atoms with Crippen LogP contribution < -0.4 is 10.9 Å². The summed E-state index contributed by atoms with van der Waals surface area (Å²) in [6, 6.07) is 8.13. The molecule has 0 saturated carbocycles. The lowest BCUT2D eigenvalue weighted by molar-refractivity contribution is 0.102. The molecule has 0 bridgehead atoms. The molecule has 2 heterocycles. The van der Waals surface area contributed by atoms with Crippen LogP contribution in [0.15, 0.2) is 47.5 Å². The Labute approximate surface area is 119 Å². The van der Waals surface area contributed by atoms with Crippen LogP contribution in [-0.4, -0.2) is 25.9 Å².